The van der Waals surface area contributed by atoms with E-state index in [9.17, 15) is 63.3 Å². The third-order valence-corrected chi connectivity index (χ3v) is 8.59. The van der Waals surface area contributed by atoms with E-state index in [0.29, 0.717) is 12.8 Å². The highest BCUT2D eigenvalue weighted by Gasteiger charge is 2.27. The zero-order valence-corrected chi connectivity index (χ0v) is 31.2. The second-order valence-electron chi connectivity index (χ2n) is 13.3. The van der Waals surface area contributed by atoms with Crippen LogP contribution in [0.1, 0.15) is 141 Å². The summed E-state index contributed by atoms with van der Waals surface area (Å²) in [6.45, 7) is 0. The van der Waals surface area contributed by atoms with E-state index in [1.54, 1.807) is 0 Å². The second kappa shape index (κ2) is 30.3. The quantitative estimate of drug-likeness (QED) is 0.0415. The van der Waals surface area contributed by atoms with Crippen LogP contribution in [-0.2, 0) is 47.9 Å². The van der Waals surface area contributed by atoms with Crippen molar-refractivity contribution in [3.63, 3.8) is 0 Å². The molecule has 0 rings (SSSR count). The molecule has 0 aromatic rings. The van der Waals surface area contributed by atoms with E-state index in [2.05, 4.69) is 21.3 Å². The molecule has 0 aliphatic rings. The van der Waals surface area contributed by atoms with Crippen LogP contribution < -0.4 is 21.3 Å². The number of aliphatic carboxylic acids is 5. The maximum atomic E-state index is 12.5. The van der Waals surface area contributed by atoms with Crippen molar-refractivity contribution in [3.05, 3.63) is 0 Å². The van der Waals surface area contributed by atoms with Gasteiger partial charge in [0.25, 0.3) is 0 Å². The minimum absolute atomic E-state index is 0.101. The second-order valence-corrected chi connectivity index (χ2v) is 13.3. The minimum Gasteiger partial charge on any atom is -0.481 e. The topological polar surface area (TPSA) is 320 Å². The normalized spacial score (nSPS) is 12.9. The van der Waals surface area contributed by atoms with Crippen molar-refractivity contribution in [2.24, 2.45) is 0 Å². The molecule has 0 saturated carbocycles. The molecular formula is C36H57N4O15. The molecular weight excluding hydrogens is 728 g/mol. The summed E-state index contributed by atoms with van der Waals surface area (Å²) in [4.78, 5) is 116. The van der Waals surface area contributed by atoms with Gasteiger partial charge in [0.15, 0.2) is 6.29 Å². The predicted molar refractivity (Wildman–Crippen MR) is 193 cm³/mol. The molecule has 0 fully saturated rings. The van der Waals surface area contributed by atoms with Crippen molar-refractivity contribution in [1.29, 1.82) is 0 Å². The fraction of sp³-hybridized carbons (Fsp3) is 0.722. The lowest BCUT2D eigenvalue weighted by molar-refractivity contribution is -0.144. The maximum Gasteiger partial charge on any atom is 0.326 e. The van der Waals surface area contributed by atoms with Crippen LogP contribution in [0.5, 0.6) is 0 Å². The Balaban J connectivity index is 4.51. The summed E-state index contributed by atoms with van der Waals surface area (Å²) in [5.74, 6) is -9.70. The molecule has 0 unspecified atom stereocenters. The number of unbranched alkanes of at least 4 members (excludes halogenated alkanes) is 11. The zero-order chi connectivity index (χ0) is 41.6. The molecule has 9 N–H and O–H groups in total. The van der Waals surface area contributed by atoms with E-state index in [4.69, 9.17) is 10.2 Å². The van der Waals surface area contributed by atoms with Gasteiger partial charge in [-0.15, -0.1) is 0 Å². The molecule has 19 nitrogen and oxygen atoms in total. The summed E-state index contributed by atoms with van der Waals surface area (Å²) in [7, 11) is 0. The van der Waals surface area contributed by atoms with E-state index >= 15 is 0 Å². The largest absolute Gasteiger partial charge is 0.481 e. The summed E-state index contributed by atoms with van der Waals surface area (Å²) in [5, 5.41) is 55.0. The summed E-state index contributed by atoms with van der Waals surface area (Å²) < 4.78 is 0. The lowest BCUT2D eigenvalue weighted by atomic mass is 10.0. The number of hydrogen-bond acceptors (Lipinski definition) is 10. The molecule has 0 spiro atoms. The number of rotatable bonds is 35. The van der Waals surface area contributed by atoms with Gasteiger partial charge in [0.2, 0.25) is 23.6 Å². The Bertz CT molecular complexity index is 1280. The maximum absolute atomic E-state index is 12.5. The fourth-order valence-corrected chi connectivity index (χ4v) is 5.45. The molecule has 0 aliphatic heterocycles. The molecule has 0 aliphatic carbocycles. The molecule has 311 valence electrons. The van der Waals surface area contributed by atoms with E-state index < -0.39 is 110 Å². The molecule has 0 heterocycles. The van der Waals surface area contributed by atoms with Crippen molar-refractivity contribution in [2.45, 2.75) is 165 Å². The fourth-order valence-electron chi connectivity index (χ4n) is 5.45. The van der Waals surface area contributed by atoms with Gasteiger partial charge in [-0.25, -0.2) is 19.2 Å². The van der Waals surface area contributed by atoms with Crippen LogP contribution in [0.15, 0.2) is 0 Å². The SMILES string of the molecule is O=[C]CC[C@H](NC(=O)CC[C@H](NC(=O)CC[C@H](NC(=O)CC[C@H](NC(=O)CCCCCCCCCCCCCCC(=O)O)C(=O)O)C(=O)O)C(=O)O)C(=O)O. The number of hydrogen-bond donors (Lipinski definition) is 9. The molecule has 0 aromatic heterocycles. The number of carboxylic acids is 5. The molecule has 4 amide bonds. The van der Waals surface area contributed by atoms with Crippen molar-refractivity contribution in [3.8, 4) is 0 Å². The van der Waals surface area contributed by atoms with Crippen LogP contribution >= 0.6 is 0 Å². The van der Waals surface area contributed by atoms with Crippen LogP contribution in [0.4, 0.5) is 0 Å². The Hall–Kier alpha value is -5.10. The van der Waals surface area contributed by atoms with Gasteiger partial charge in [-0.05, 0) is 38.5 Å². The van der Waals surface area contributed by atoms with Gasteiger partial charge in [-0.1, -0.05) is 64.2 Å². The average molecular weight is 786 g/mol. The Morgan fingerprint density at radius 3 is 0.891 bits per heavy atom. The van der Waals surface area contributed by atoms with Crippen LogP contribution in [0.2, 0.25) is 0 Å². The van der Waals surface area contributed by atoms with E-state index in [1.807, 2.05) is 0 Å². The van der Waals surface area contributed by atoms with Crippen LogP contribution in [0.3, 0.4) is 0 Å². The summed E-state index contributed by atoms with van der Waals surface area (Å²) >= 11 is 0. The van der Waals surface area contributed by atoms with Gasteiger partial charge in [-0.2, -0.15) is 0 Å². The molecule has 55 heavy (non-hydrogen) atoms. The first kappa shape index (κ1) is 49.9. The highest BCUT2D eigenvalue weighted by Crippen LogP contribution is 2.13. The molecule has 19 heteroatoms. The number of carbonyl (C=O) groups excluding carboxylic acids is 5. The Kier molecular flexibility index (Phi) is 27.4. The van der Waals surface area contributed by atoms with Crippen molar-refractivity contribution in [2.75, 3.05) is 0 Å². The Morgan fingerprint density at radius 2 is 0.618 bits per heavy atom. The standard InChI is InChI=1S/C36H57N4O15/c41-23-13-14-24(33(48)49)37-29(43)20-18-26(35(52)53)39-31(45)22-19-27(36(54)55)40-30(44)21-17-25(34(50)51)38-28(42)15-11-9-7-5-3-1-2-4-6-8-10-12-16-32(46)47/h24-27H,1-22H2,(H,37,43)(H,38,42)(H,39,45)(H,40,44)(H,46,47)(H,48,49)(H,50,51)(H,52,53)(H,54,55)/t24-,25-,26-,27-/m0/s1. The molecule has 0 aromatic carbocycles. The predicted octanol–water partition coefficient (Wildman–Crippen LogP) is 2.04. The molecule has 4 atom stereocenters. The lowest BCUT2D eigenvalue weighted by Crippen LogP contribution is -2.45. The van der Waals surface area contributed by atoms with Gasteiger partial charge >= 0.3 is 29.8 Å². The number of amides is 4. The smallest absolute Gasteiger partial charge is 0.326 e. The summed E-state index contributed by atoms with van der Waals surface area (Å²) in [6.07, 6.45) is 10.1. The highest BCUT2D eigenvalue weighted by atomic mass is 16.4. The van der Waals surface area contributed by atoms with Crippen molar-refractivity contribution < 1.29 is 73.5 Å². The van der Waals surface area contributed by atoms with Gasteiger partial charge < -0.3 is 46.8 Å². The van der Waals surface area contributed by atoms with E-state index in [-0.39, 0.29) is 32.1 Å². The van der Waals surface area contributed by atoms with Gasteiger partial charge in [0, 0.05) is 38.5 Å². The average Bonchev–Trinajstić information content (AvgIpc) is 3.11. The summed E-state index contributed by atoms with van der Waals surface area (Å²) in [6, 6.07) is -5.98. The van der Waals surface area contributed by atoms with Gasteiger partial charge in [0.05, 0.1) is 0 Å². The monoisotopic (exact) mass is 785 g/mol. The highest BCUT2D eigenvalue weighted by molar-refractivity contribution is 5.88. The van der Waals surface area contributed by atoms with Gasteiger partial charge in [-0.3, -0.25) is 28.8 Å². The number of carbonyl (C=O) groups is 9. The first-order valence-electron chi connectivity index (χ1n) is 18.7. The van der Waals surface area contributed by atoms with Crippen LogP contribution in [-0.4, -0.2) is 109 Å². The Morgan fingerprint density at radius 1 is 0.364 bits per heavy atom. The molecule has 0 bridgehead atoms. The first-order valence-corrected chi connectivity index (χ1v) is 18.7. The minimum atomic E-state index is -1.59. The van der Waals surface area contributed by atoms with Crippen LogP contribution in [0, 0.1) is 0 Å². The Labute approximate surface area is 319 Å². The van der Waals surface area contributed by atoms with E-state index in [1.165, 1.54) is 6.29 Å². The van der Waals surface area contributed by atoms with E-state index in [0.717, 1.165) is 64.2 Å². The molecule has 1 radical (unpaired) electrons. The lowest BCUT2D eigenvalue weighted by Gasteiger charge is -2.18. The summed E-state index contributed by atoms with van der Waals surface area (Å²) in [5.41, 5.74) is 0. The van der Waals surface area contributed by atoms with Crippen LogP contribution in [0.25, 0.3) is 0 Å². The molecule has 0 saturated heterocycles. The number of nitrogens with one attached hydrogen (secondary N) is 4. The number of carboxylic acid groups (broad SMARTS) is 5. The van der Waals surface area contributed by atoms with Gasteiger partial charge in [0.1, 0.15) is 24.2 Å². The third-order valence-electron chi connectivity index (χ3n) is 8.59. The third kappa shape index (κ3) is 27.2. The van der Waals surface area contributed by atoms with Crippen molar-refractivity contribution >= 4 is 59.8 Å². The zero-order valence-electron chi connectivity index (χ0n) is 31.2. The first-order chi connectivity index (χ1) is 26.1. The van der Waals surface area contributed by atoms with Crippen molar-refractivity contribution in [1.82, 2.24) is 21.3 Å².